The molecule has 0 unspecified atom stereocenters. The maximum absolute atomic E-state index is 13.8. The Morgan fingerprint density at radius 2 is 1.11 bits per heavy atom. The number of Topliss-reactive ketones (excluding diaryl/α,β-unsaturated/α-hetero) is 1. The molecular formula is C57H59Cl4N11O11. The molecule has 4 aliphatic heterocycles. The summed E-state index contributed by atoms with van der Waals surface area (Å²) in [6.45, 7) is 7.08. The Bertz CT molecular complexity index is 3710. The molecule has 22 nitrogen and oxygen atoms in total. The number of hydrogen-bond donors (Lipinski definition) is 2. The summed E-state index contributed by atoms with van der Waals surface area (Å²) in [6, 6.07) is 22.9. The molecule has 11 rings (SSSR count). The summed E-state index contributed by atoms with van der Waals surface area (Å²) in [5, 5.41) is 12.6. The van der Waals surface area contributed by atoms with Crippen molar-refractivity contribution in [2.45, 2.75) is 26.0 Å². The first-order chi connectivity index (χ1) is 40.0. The molecule has 4 fully saturated rings. The zero-order valence-electron chi connectivity index (χ0n) is 45.6. The van der Waals surface area contributed by atoms with E-state index in [1.165, 1.54) is 20.8 Å². The third kappa shape index (κ3) is 13.4. The van der Waals surface area contributed by atoms with Crippen molar-refractivity contribution in [1.82, 2.24) is 28.6 Å². The van der Waals surface area contributed by atoms with E-state index in [1.807, 2.05) is 47.4 Å². The molecular weight excluding hydrogens is 1160 g/mol. The number of ketones is 1. The fraction of sp³-hybridized carbons (Fsp3) is 0.333. The average Bonchev–Trinajstić information content (AvgIpc) is 3.33. The highest BCUT2D eigenvalue weighted by molar-refractivity contribution is 6.42. The van der Waals surface area contributed by atoms with Crippen LogP contribution in [0.4, 0.5) is 32.3 Å². The summed E-state index contributed by atoms with van der Waals surface area (Å²) < 4.78 is 24.2. The standard InChI is InChI=1S/C25H25Cl2N5O5.C25H27N5O6.C7H7Cl2N/c1-29-6-7-31(25(29)36)19-13-16(30-8-10-37-11-9-30)14-32-23(19)28-21(22(34)24(32)35)20(33)5-3-15-2-4-17(26)18(27)12-15;1-27-8-9-29(25(27)33)19-14-18(28-10-12-35-13-11-28)15-30-22(19)26-20(24(32)34-2)21(23(30)31)36-16-17-6-4-3-5-7-17;8-6-2-1-5(4-10)3-7(6)9/h2,4,12-14,34H,3,5-11H2,1H3;3-7,14-15H,8-13,16H2,1-2H3;1-3H,4,10H2. The Kier molecular flexibility index (Phi) is 19.3. The molecule has 83 heavy (non-hydrogen) atoms. The third-order valence-corrected chi connectivity index (χ3v) is 15.7. The second kappa shape index (κ2) is 26.7. The summed E-state index contributed by atoms with van der Waals surface area (Å²) in [7, 11) is 4.62. The van der Waals surface area contributed by atoms with Crippen molar-refractivity contribution in [2.75, 3.05) is 120 Å². The highest BCUT2D eigenvalue weighted by atomic mass is 35.5. The third-order valence-electron chi connectivity index (χ3n) is 14.2. The number of urea groups is 2. The summed E-state index contributed by atoms with van der Waals surface area (Å²) in [4.78, 5) is 98.0. The summed E-state index contributed by atoms with van der Waals surface area (Å²) in [5.74, 6) is -2.24. The fourth-order valence-corrected chi connectivity index (χ4v) is 10.2. The van der Waals surface area contributed by atoms with Crippen LogP contribution in [0, 0.1) is 0 Å². The van der Waals surface area contributed by atoms with E-state index in [-0.39, 0.29) is 53.5 Å². The molecule has 7 aromatic rings. The Labute approximate surface area is 496 Å². The van der Waals surface area contributed by atoms with Crippen LogP contribution in [0.3, 0.4) is 0 Å². The number of likely N-dealkylation sites (N-methyl/N-ethyl adjacent to an activating group) is 2. The number of methoxy groups -OCH3 is 1. The maximum Gasteiger partial charge on any atom is 0.360 e. The lowest BCUT2D eigenvalue weighted by molar-refractivity contribution is 0.0587. The van der Waals surface area contributed by atoms with Crippen LogP contribution in [-0.2, 0) is 33.8 Å². The molecule has 0 spiro atoms. The molecule has 4 amide bonds. The number of aromatic nitrogens is 4. The van der Waals surface area contributed by atoms with E-state index in [4.69, 9.17) is 71.1 Å². The number of amides is 4. The van der Waals surface area contributed by atoms with Crippen LogP contribution in [-0.4, -0.2) is 157 Å². The lowest BCUT2D eigenvalue weighted by atomic mass is 10.1. The number of aromatic hydroxyl groups is 1. The van der Waals surface area contributed by atoms with Crippen LogP contribution in [0.25, 0.3) is 11.3 Å². The predicted molar refractivity (Wildman–Crippen MR) is 317 cm³/mol. The molecule has 3 N–H and O–H groups in total. The minimum Gasteiger partial charge on any atom is -0.501 e. The van der Waals surface area contributed by atoms with Crippen molar-refractivity contribution in [1.29, 1.82) is 0 Å². The highest BCUT2D eigenvalue weighted by Crippen LogP contribution is 2.33. The van der Waals surface area contributed by atoms with Gasteiger partial charge < -0.3 is 49.4 Å². The number of halogens is 4. The number of pyridine rings is 2. The van der Waals surface area contributed by atoms with E-state index in [0.29, 0.717) is 129 Å². The molecule has 8 heterocycles. The molecule has 4 saturated heterocycles. The van der Waals surface area contributed by atoms with Crippen LogP contribution >= 0.6 is 46.4 Å². The zero-order valence-corrected chi connectivity index (χ0v) is 48.6. The van der Waals surface area contributed by atoms with Crippen LogP contribution in [0.1, 0.15) is 44.1 Å². The SMILES string of the molecule is CN1CCN(c2cc(N3CCOCC3)cn3c(=O)c(O)c(C(=O)CCc4ccc(Cl)c(Cl)c4)nc23)C1=O.COC(=O)c1nc2c(N3CCN(C)C3=O)cc(N3CCOCC3)cn2c(=O)c1OCc1ccccc1.NCc1ccc(Cl)c(Cl)c1. The lowest BCUT2D eigenvalue weighted by Crippen LogP contribution is -2.37. The van der Waals surface area contributed by atoms with E-state index in [1.54, 1.807) is 77.6 Å². The number of nitrogens with zero attached hydrogens (tertiary/aromatic N) is 10. The van der Waals surface area contributed by atoms with Crippen molar-refractivity contribution < 1.29 is 43.2 Å². The van der Waals surface area contributed by atoms with Gasteiger partial charge in [-0.2, -0.15) is 0 Å². The van der Waals surface area contributed by atoms with Gasteiger partial charge in [0.15, 0.2) is 28.5 Å². The number of nitrogens with two attached hydrogens (primary N) is 1. The van der Waals surface area contributed by atoms with E-state index >= 15 is 0 Å². The first-order valence-electron chi connectivity index (χ1n) is 26.4. The first kappa shape index (κ1) is 59.9. The molecule has 0 radical (unpaired) electrons. The number of aryl methyl sites for hydroxylation is 1. The van der Waals surface area contributed by atoms with Crippen molar-refractivity contribution >= 4 is 104 Å². The molecule has 0 saturated carbocycles. The van der Waals surface area contributed by atoms with Gasteiger partial charge in [0.25, 0.3) is 0 Å². The van der Waals surface area contributed by atoms with Crippen LogP contribution in [0.2, 0.25) is 20.1 Å². The summed E-state index contributed by atoms with van der Waals surface area (Å²) in [5.41, 5.74) is 8.63. The predicted octanol–water partition coefficient (Wildman–Crippen LogP) is 7.45. The lowest BCUT2D eigenvalue weighted by Gasteiger charge is -2.30. The number of rotatable bonds is 13. The number of morpholine rings is 2. The van der Waals surface area contributed by atoms with Crippen molar-refractivity contribution in [2.24, 2.45) is 5.73 Å². The monoisotopic (exact) mass is 1210 g/mol. The second-order valence-corrected chi connectivity index (χ2v) is 21.2. The Morgan fingerprint density at radius 3 is 1.59 bits per heavy atom. The fourth-order valence-electron chi connectivity index (χ4n) is 9.55. The highest BCUT2D eigenvalue weighted by Gasteiger charge is 2.34. The molecule has 0 bridgehead atoms. The summed E-state index contributed by atoms with van der Waals surface area (Å²) in [6.07, 6.45) is 3.54. The quantitative estimate of drug-likeness (QED) is 0.0842. The number of benzene rings is 3. The molecule has 4 aliphatic rings. The van der Waals surface area contributed by atoms with Gasteiger partial charge in [-0.25, -0.2) is 24.4 Å². The van der Waals surface area contributed by atoms with E-state index < -0.39 is 28.6 Å². The van der Waals surface area contributed by atoms with Crippen molar-refractivity contribution in [3.8, 4) is 11.5 Å². The van der Waals surface area contributed by atoms with E-state index in [0.717, 1.165) is 22.4 Å². The number of ether oxygens (including phenoxy) is 4. The molecule has 3 aromatic carbocycles. The van der Waals surface area contributed by atoms with E-state index in [2.05, 4.69) is 14.9 Å². The van der Waals surface area contributed by atoms with Gasteiger partial charge in [0.05, 0.1) is 76.4 Å². The van der Waals surface area contributed by atoms with Crippen LogP contribution in [0.5, 0.6) is 11.5 Å². The number of hydrogen-bond acceptors (Lipinski definition) is 16. The van der Waals surface area contributed by atoms with Gasteiger partial charge in [0, 0.05) is 91.8 Å². The van der Waals surface area contributed by atoms with Gasteiger partial charge in [-0.05, 0) is 59.5 Å². The maximum atomic E-state index is 13.8. The number of esters is 1. The molecule has 436 valence electrons. The number of carbonyl (C=O) groups is 4. The number of fused-ring (bicyclic) bond motifs is 2. The Hall–Kier alpha value is -7.70. The van der Waals surface area contributed by atoms with Crippen LogP contribution in [0.15, 0.2) is 101 Å². The molecule has 4 aromatic heterocycles. The van der Waals surface area contributed by atoms with E-state index in [9.17, 15) is 33.9 Å². The summed E-state index contributed by atoms with van der Waals surface area (Å²) >= 11 is 23.4. The van der Waals surface area contributed by atoms with Gasteiger partial charge in [-0.1, -0.05) is 88.9 Å². The number of carbonyl (C=O) groups excluding carboxylic acids is 4. The normalized spacial score (nSPS) is 15.4. The molecule has 0 atom stereocenters. The average molecular weight is 1220 g/mol. The van der Waals surface area contributed by atoms with Gasteiger partial charge >= 0.3 is 29.2 Å². The smallest absolute Gasteiger partial charge is 0.360 e. The Morgan fingerprint density at radius 1 is 0.614 bits per heavy atom. The molecule has 0 aliphatic carbocycles. The van der Waals surface area contributed by atoms with Gasteiger partial charge in [0.2, 0.25) is 11.5 Å². The van der Waals surface area contributed by atoms with Gasteiger partial charge in [-0.3, -0.25) is 33.0 Å². The minimum atomic E-state index is -0.800. The Balaban J connectivity index is 0.000000171. The van der Waals surface area contributed by atoms with Gasteiger partial charge in [0.1, 0.15) is 6.61 Å². The van der Waals surface area contributed by atoms with Crippen LogP contribution < -0.4 is 41.2 Å². The zero-order chi connectivity index (χ0) is 59.1. The molecule has 26 heteroatoms. The largest absolute Gasteiger partial charge is 0.501 e. The van der Waals surface area contributed by atoms with Crippen molar-refractivity contribution in [3.63, 3.8) is 0 Å². The topological polar surface area (TPSA) is 240 Å². The van der Waals surface area contributed by atoms with Gasteiger partial charge in [-0.15, -0.1) is 0 Å². The number of anilines is 4. The minimum absolute atomic E-state index is 0.0132. The first-order valence-corrected chi connectivity index (χ1v) is 27.9. The second-order valence-electron chi connectivity index (χ2n) is 19.6. The van der Waals surface area contributed by atoms with Crippen molar-refractivity contribution in [3.05, 3.63) is 160 Å².